The molecule has 13 heavy (non-hydrogen) atoms. The van der Waals surface area contributed by atoms with Crippen LogP contribution < -0.4 is 11.5 Å². The van der Waals surface area contributed by atoms with Crippen molar-refractivity contribution >= 4 is 17.8 Å². The molecule has 4 N–H and O–H groups in total. The van der Waals surface area contributed by atoms with E-state index < -0.39 is 0 Å². The number of nitrogens with two attached hydrogens (primary N) is 2. The Morgan fingerprint density at radius 1 is 1.08 bits per heavy atom. The molecule has 0 aromatic carbocycles. The molecule has 1 aromatic rings. The minimum absolute atomic E-state index is 0.0465. The summed E-state index contributed by atoms with van der Waals surface area (Å²) in [5.41, 5.74) is 10.6. The molecule has 0 fully saturated rings. The second kappa shape index (κ2) is 3.74. The van der Waals surface area contributed by atoms with Crippen molar-refractivity contribution in [1.29, 1.82) is 0 Å². The first-order chi connectivity index (χ1) is 6.08. The van der Waals surface area contributed by atoms with Gasteiger partial charge in [0.25, 0.3) is 5.95 Å². The predicted molar refractivity (Wildman–Crippen MR) is 48.3 cm³/mol. The highest BCUT2D eigenvalue weighted by Gasteiger charge is 1.99. The standard InChI is InChI=1S/C6H11N7/c1-3(2)12-13-6-10-4(7)9-5(8)11-6/h3H,1-2H3,(H4,7,8,9,10,11)/b13-12+. The molecule has 0 aliphatic rings. The molecule has 1 heterocycles. The average molecular weight is 181 g/mol. The van der Waals surface area contributed by atoms with Crippen molar-refractivity contribution < 1.29 is 0 Å². The molecule has 0 radical (unpaired) electrons. The Balaban J connectivity index is 2.89. The van der Waals surface area contributed by atoms with Gasteiger partial charge in [-0.15, -0.1) is 5.11 Å². The van der Waals surface area contributed by atoms with Crippen LogP contribution in [0.3, 0.4) is 0 Å². The summed E-state index contributed by atoms with van der Waals surface area (Å²) in [5.74, 6) is 0.231. The van der Waals surface area contributed by atoms with Gasteiger partial charge < -0.3 is 11.5 Å². The molecule has 0 atom stereocenters. The SMILES string of the molecule is CC(C)/N=N/c1nc(N)nc(N)n1. The fraction of sp³-hybridized carbons (Fsp3) is 0.500. The van der Waals surface area contributed by atoms with E-state index in [1.54, 1.807) is 0 Å². The zero-order chi connectivity index (χ0) is 9.84. The first-order valence-electron chi connectivity index (χ1n) is 3.76. The van der Waals surface area contributed by atoms with Gasteiger partial charge in [0.15, 0.2) is 0 Å². The average Bonchev–Trinajstić information content (AvgIpc) is 1.99. The van der Waals surface area contributed by atoms with Gasteiger partial charge in [0.2, 0.25) is 11.9 Å². The lowest BCUT2D eigenvalue weighted by Gasteiger charge is -1.96. The Labute approximate surface area is 75.3 Å². The van der Waals surface area contributed by atoms with Crippen LogP contribution in [0.1, 0.15) is 13.8 Å². The van der Waals surface area contributed by atoms with Gasteiger partial charge in [-0.2, -0.15) is 20.1 Å². The fourth-order valence-corrected chi connectivity index (χ4v) is 0.609. The third-order valence-electron chi connectivity index (χ3n) is 1.04. The van der Waals surface area contributed by atoms with Crippen molar-refractivity contribution in [3.05, 3.63) is 0 Å². The smallest absolute Gasteiger partial charge is 0.274 e. The first-order valence-corrected chi connectivity index (χ1v) is 3.76. The van der Waals surface area contributed by atoms with E-state index in [2.05, 4.69) is 25.2 Å². The number of aromatic nitrogens is 3. The molecule has 0 spiro atoms. The van der Waals surface area contributed by atoms with Crippen molar-refractivity contribution in [3.8, 4) is 0 Å². The number of anilines is 2. The second-order valence-electron chi connectivity index (χ2n) is 2.66. The van der Waals surface area contributed by atoms with E-state index in [-0.39, 0.29) is 23.9 Å². The molecule has 0 bridgehead atoms. The summed E-state index contributed by atoms with van der Waals surface area (Å²) in [7, 11) is 0. The molecule has 1 rings (SSSR count). The highest BCUT2D eigenvalue weighted by atomic mass is 15.3. The summed E-state index contributed by atoms with van der Waals surface area (Å²) in [6, 6.07) is 0.0826. The van der Waals surface area contributed by atoms with Crippen LogP contribution in [0.25, 0.3) is 0 Å². The van der Waals surface area contributed by atoms with Crippen molar-refractivity contribution in [3.63, 3.8) is 0 Å². The highest BCUT2D eigenvalue weighted by Crippen LogP contribution is 2.08. The van der Waals surface area contributed by atoms with Crippen LogP contribution >= 0.6 is 0 Å². The number of nitrogens with zero attached hydrogens (tertiary/aromatic N) is 5. The highest BCUT2D eigenvalue weighted by molar-refractivity contribution is 5.32. The lowest BCUT2D eigenvalue weighted by Crippen LogP contribution is -2.01. The van der Waals surface area contributed by atoms with Crippen molar-refractivity contribution in [1.82, 2.24) is 15.0 Å². The molecule has 0 unspecified atom stereocenters. The zero-order valence-electron chi connectivity index (χ0n) is 7.47. The van der Waals surface area contributed by atoms with Crippen LogP contribution in [0.15, 0.2) is 10.2 Å². The second-order valence-corrected chi connectivity index (χ2v) is 2.66. The molecule has 0 amide bonds. The number of hydrogen-bond donors (Lipinski definition) is 2. The Hall–Kier alpha value is -1.79. The molecular formula is C6H11N7. The molecule has 0 saturated carbocycles. The molecule has 1 aromatic heterocycles. The van der Waals surface area contributed by atoms with E-state index in [1.165, 1.54) is 0 Å². The maximum absolute atomic E-state index is 5.32. The molecular weight excluding hydrogens is 170 g/mol. The first kappa shape index (κ1) is 9.30. The van der Waals surface area contributed by atoms with E-state index in [0.29, 0.717) is 0 Å². The molecule has 0 aliphatic carbocycles. The van der Waals surface area contributed by atoms with Gasteiger partial charge in [0.05, 0.1) is 6.04 Å². The topological polar surface area (TPSA) is 115 Å². The van der Waals surface area contributed by atoms with Crippen LogP contribution in [0, 0.1) is 0 Å². The quantitative estimate of drug-likeness (QED) is 0.645. The van der Waals surface area contributed by atoms with Crippen LogP contribution in [0.5, 0.6) is 0 Å². The van der Waals surface area contributed by atoms with Crippen LogP contribution in [-0.2, 0) is 0 Å². The van der Waals surface area contributed by atoms with Gasteiger partial charge in [-0.25, -0.2) is 0 Å². The normalized spacial score (nSPS) is 11.3. The minimum Gasteiger partial charge on any atom is -0.368 e. The molecule has 7 nitrogen and oxygen atoms in total. The van der Waals surface area contributed by atoms with E-state index in [0.717, 1.165) is 0 Å². The van der Waals surface area contributed by atoms with Crippen LogP contribution in [0.4, 0.5) is 17.8 Å². The molecule has 70 valence electrons. The van der Waals surface area contributed by atoms with Gasteiger partial charge in [-0.1, -0.05) is 0 Å². The lowest BCUT2D eigenvalue weighted by molar-refractivity contribution is 0.769. The van der Waals surface area contributed by atoms with E-state index in [9.17, 15) is 0 Å². The van der Waals surface area contributed by atoms with Gasteiger partial charge in [0.1, 0.15) is 0 Å². The minimum atomic E-state index is 0.0465. The van der Waals surface area contributed by atoms with Crippen LogP contribution in [0.2, 0.25) is 0 Å². The third-order valence-corrected chi connectivity index (χ3v) is 1.04. The summed E-state index contributed by atoms with van der Waals surface area (Å²) in [5, 5.41) is 7.57. The van der Waals surface area contributed by atoms with Gasteiger partial charge in [-0.05, 0) is 13.8 Å². The monoisotopic (exact) mass is 181 g/mol. The van der Waals surface area contributed by atoms with Crippen LogP contribution in [-0.4, -0.2) is 21.0 Å². The number of rotatable bonds is 2. The number of hydrogen-bond acceptors (Lipinski definition) is 7. The summed E-state index contributed by atoms with van der Waals surface area (Å²) < 4.78 is 0. The summed E-state index contributed by atoms with van der Waals surface area (Å²) in [6.07, 6.45) is 0. The summed E-state index contributed by atoms with van der Waals surface area (Å²) in [6.45, 7) is 3.77. The predicted octanol–water partition coefficient (Wildman–Crippen LogP) is 0.528. The molecule has 7 heteroatoms. The Morgan fingerprint density at radius 3 is 2.08 bits per heavy atom. The van der Waals surface area contributed by atoms with Crippen molar-refractivity contribution in [2.45, 2.75) is 19.9 Å². The Morgan fingerprint density at radius 2 is 1.62 bits per heavy atom. The van der Waals surface area contributed by atoms with Crippen molar-refractivity contribution in [2.75, 3.05) is 11.5 Å². The summed E-state index contributed by atoms with van der Waals surface area (Å²) >= 11 is 0. The van der Waals surface area contributed by atoms with E-state index in [1.807, 2.05) is 13.8 Å². The summed E-state index contributed by atoms with van der Waals surface area (Å²) in [4.78, 5) is 11.0. The lowest BCUT2D eigenvalue weighted by atomic mass is 10.4. The maximum Gasteiger partial charge on any atom is 0.274 e. The number of azo groups is 1. The van der Waals surface area contributed by atoms with Crippen molar-refractivity contribution in [2.24, 2.45) is 10.2 Å². The zero-order valence-corrected chi connectivity index (χ0v) is 7.47. The molecule has 0 aliphatic heterocycles. The fourth-order valence-electron chi connectivity index (χ4n) is 0.609. The van der Waals surface area contributed by atoms with Gasteiger partial charge in [0, 0.05) is 0 Å². The van der Waals surface area contributed by atoms with E-state index >= 15 is 0 Å². The van der Waals surface area contributed by atoms with Gasteiger partial charge in [-0.3, -0.25) is 0 Å². The number of nitrogen functional groups attached to an aromatic ring is 2. The largest absolute Gasteiger partial charge is 0.368 e. The van der Waals surface area contributed by atoms with Gasteiger partial charge >= 0.3 is 0 Å². The van der Waals surface area contributed by atoms with E-state index in [4.69, 9.17) is 11.5 Å². The third kappa shape index (κ3) is 2.97. The Kier molecular flexibility index (Phi) is 2.68. The molecule has 0 saturated heterocycles. The Bertz CT molecular complexity index is 299. The maximum atomic E-state index is 5.32.